The van der Waals surface area contributed by atoms with Crippen LogP contribution in [0.1, 0.15) is 23.2 Å². The van der Waals surface area contributed by atoms with Crippen molar-refractivity contribution in [2.75, 3.05) is 19.3 Å². The van der Waals surface area contributed by atoms with Gasteiger partial charge in [0.15, 0.2) is 0 Å². The Balaban J connectivity index is 2.10. The molecule has 2 N–H and O–H groups in total. The topological polar surface area (TPSA) is 80.5 Å². The predicted octanol–water partition coefficient (Wildman–Crippen LogP) is 0.761. The molecule has 1 fully saturated rings. The largest absolute Gasteiger partial charge is 0.369 e. The van der Waals surface area contributed by atoms with E-state index in [-0.39, 0.29) is 17.7 Å². The minimum Gasteiger partial charge on any atom is -0.369 e. The number of hydrogen-bond acceptors (Lipinski definition) is 3. The van der Waals surface area contributed by atoms with E-state index >= 15 is 0 Å². The Morgan fingerprint density at radius 3 is 2.50 bits per heavy atom. The number of piperidine rings is 1. The molecule has 1 aromatic rings. The van der Waals surface area contributed by atoms with Gasteiger partial charge in [0.05, 0.1) is 5.92 Å². The maximum atomic E-state index is 12.3. The van der Waals surface area contributed by atoms with Gasteiger partial charge < -0.3 is 10.6 Å². The van der Waals surface area contributed by atoms with E-state index in [0.29, 0.717) is 23.5 Å². The van der Waals surface area contributed by atoms with Gasteiger partial charge in [0.2, 0.25) is 5.91 Å². The Hall–Kier alpha value is -1.69. The molecule has 1 aliphatic rings. The second-order valence-electron chi connectivity index (χ2n) is 4.97. The molecule has 1 saturated heterocycles. The van der Waals surface area contributed by atoms with Crippen LogP contribution in [0.25, 0.3) is 0 Å². The van der Waals surface area contributed by atoms with Crippen molar-refractivity contribution in [1.82, 2.24) is 4.90 Å². The molecule has 1 aliphatic heterocycles. The molecule has 2 rings (SSSR count). The third-order valence-electron chi connectivity index (χ3n) is 3.54. The maximum absolute atomic E-state index is 12.3. The average Bonchev–Trinajstić information content (AvgIpc) is 2.46. The second kappa shape index (κ2) is 6.17. The lowest BCUT2D eigenvalue weighted by Gasteiger charge is -2.31. The Morgan fingerprint density at radius 1 is 1.30 bits per heavy atom. The average molecular weight is 294 g/mol. The van der Waals surface area contributed by atoms with Gasteiger partial charge in [-0.1, -0.05) is 0 Å². The number of nitrogens with two attached hydrogens (primary N) is 1. The Kier molecular flexibility index (Phi) is 4.54. The molecule has 6 heteroatoms. The van der Waals surface area contributed by atoms with Crippen molar-refractivity contribution in [3.05, 3.63) is 29.8 Å². The molecular weight excluding hydrogens is 276 g/mol. The van der Waals surface area contributed by atoms with Crippen molar-refractivity contribution >= 4 is 22.6 Å². The summed E-state index contributed by atoms with van der Waals surface area (Å²) in [6.07, 6.45) is 3.13. The number of benzene rings is 1. The minimum absolute atomic E-state index is 0.107. The van der Waals surface area contributed by atoms with Gasteiger partial charge in [0, 0.05) is 40.6 Å². The van der Waals surface area contributed by atoms with Crippen molar-refractivity contribution in [3.63, 3.8) is 0 Å². The second-order valence-corrected chi connectivity index (χ2v) is 6.35. The van der Waals surface area contributed by atoms with Crippen LogP contribution in [0, 0.1) is 5.92 Å². The molecule has 0 aliphatic carbocycles. The minimum atomic E-state index is -1.05. The molecule has 20 heavy (non-hydrogen) atoms. The highest BCUT2D eigenvalue weighted by Gasteiger charge is 2.27. The van der Waals surface area contributed by atoms with Crippen molar-refractivity contribution in [3.8, 4) is 0 Å². The molecule has 1 heterocycles. The molecule has 2 atom stereocenters. The molecule has 0 unspecified atom stereocenters. The Bertz CT molecular complexity index is 542. The smallest absolute Gasteiger partial charge is 0.253 e. The van der Waals surface area contributed by atoms with Crippen LogP contribution in [-0.2, 0) is 15.6 Å². The summed E-state index contributed by atoms with van der Waals surface area (Å²) in [7, 11) is -1.05. The zero-order valence-electron chi connectivity index (χ0n) is 11.4. The number of amides is 2. The predicted molar refractivity (Wildman–Crippen MR) is 76.6 cm³/mol. The number of hydrogen-bond donors (Lipinski definition) is 1. The van der Waals surface area contributed by atoms with E-state index in [1.54, 1.807) is 35.4 Å². The molecule has 2 amide bonds. The van der Waals surface area contributed by atoms with Gasteiger partial charge in [0.25, 0.3) is 5.91 Å². The highest BCUT2D eigenvalue weighted by molar-refractivity contribution is 7.84. The summed E-state index contributed by atoms with van der Waals surface area (Å²) in [4.78, 5) is 25.9. The SMILES string of the molecule is C[S@](=O)c1ccc(C(=O)N2CCC[C@@H](C(N)=O)C2)cc1. The first-order chi connectivity index (χ1) is 9.49. The summed E-state index contributed by atoms with van der Waals surface area (Å²) in [5.41, 5.74) is 5.86. The van der Waals surface area contributed by atoms with E-state index in [2.05, 4.69) is 0 Å². The first kappa shape index (κ1) is 14.7. The van der Waals surface area contributed by atoms with Crippen LogP contribution in [0.2, 0.25) is 0 Å². The number of likely N-dealkylation sites (tertiary alicyclic amines) is 1. The molecule has 0 bridgehead atoms. The van der Waals surface area contributed by atoms with Crippen LogP contribution >= 0.6 is 0 Å². The standard InChI is InChI=1S/C14H18N2O3S/c1-20(19)12-6-4-10(5-7-12)14(18)16-8-2-3-11(9-16)13(15)17/h4-7,11H,2-3,8-9H2,1H3,(H2,15,17)/t11-,20+/m1/s1. The van der Waals surface area contributed by atoms with Crippen LogP contribution < -0.4 is 5.73 Å². The lowest BCUT2D eigenvalue weighted by atomic mass is 9.97. The van der Waals surface area contributed by atoms with Gasteiger partial charge >= 0.3 is 0 Å². The zero-order chi connectivity index (χ0) is 14.7. The van der Waals surface area contributed by atoms with Gasteiger partial charge in [-0.25, -0.2) is 0 Å². The van der Waals surface area contributed by atoms with Crippen LogP contribution in [0.4, 0.5) is 0 Å². The summed E-state index contributed by atoms with van der Waals surface area (Å²) in [6, 6.07) is 6.73. The first-order valence-electron chi connectivity index (χ1n) is 6.51. The van der Waals surface area contributed by atoms with Gasteiger partial charge in [-0.2, -0.15) is 0 Å². The van der Waals surface area contributed by atoms with Crippen LogP contribution in [-0.4, -0.2) is 40.3 Å². The molecular formula is C14H18N2O3S. The van der Waals surface area contributed by atoms with E-state index in [0.717, 1.165) is 12.8 Å². The molecule has 108 valence electrons. The maximum Gasteiger partial charge on any atom is 0.253 e. The van der Waals surface area contributed by atoms with Gasteiger partial charge in [-0.05, 0) is 37.1 Å². The van der Waals surface area contributed by atoms with Crippen molar-refractivity contribution < 1.29 is 13.8 Å². The summed E-state index contributed by atoms with van der Waals surface area (Å²) in [5.74, 6) is -0.710. The normalized spacial score (nSPS) is 20.4. The quantitative estimate of drug-likeness (QED) is 0.893. The lowest BCUT2D eigenvalue weighted by Crippen LogP contribution is -2.44. The molecule has 5 nitrogen and oxygen atoms in total. The number of nitrogens with zero attached hydrogens (tertiary/aromatic N) is 1. The van der Waals surface area contributed by atoms with E-state index < -0.39 is 10.8 Å². The summed E-state index contributed by atoms with van der Waals surface area (Å²) in [6.45, 7) is 1.03. The van der Waals surface area contributed by atoms with Gasteiger partial charge in [-0.15, -0.1) is 0 Å². The van der Waals surface area contributed by atoms with Crippen LogP contribution in [0.15, 0.2) is 29.2 Å². The fourth-order valence-electron chi connectivity index (χ4n) is 2.37. The highest BCUT2D eigenvalue weighted by Crippen LogP contribution is 2.19. The summed E-state index contributed by atoms with van der Waals surface area (Å²) < 4.78 is 11.3. The molecule has 1 aromatic carbocycles. The van der Waals surface area contributed by atoms with Crippen molar-refractivity contribution in [2.24, 2.45) is 11.7 Å². The first-order valence-corrected chi connectivity index (χ1v) is 8.07. The molecule has 0 aromatic heterocycles. The fraction of sp³-hybridized carbons (Fsp3) is 0.429. The highest BCUT2D eigenvalue weighted by atomic mass is 32.2. The third kappa shape index (κ3) is 3.25. The van der Waals surface area contributed by atoms with Crippen molar-refractivity contribution in [1.29, 1.82) is 0 Å². The Labute approximate surface area is 120 Å². The molecule has 0 radical (unpaired) electrons. The van der Waals surface area contributed by atoms with Gasteiger partial charge in [-0.3, -0.25) is 13.8 Å². The monoisotopic (exact) mass is 294 g/mol. The zero-order valence-corrected chi connectivity index (χ0v) is 12.2. The number of primary amides is 1. The van der Waals surface area contributed by atoms with Crippen LogP contribution in [0.3, 0.4) is 0 Å². The summed E-state index contributed by atoms with van der Waals surface area (Å²) in [5, 5.41) is 0. The number of rotatable bonds is 3. The van der Waals surface area contributed by atoms with Crippen molar-refractivity contribution in [2.45, 2.75) is 17.7 Å². The molecule has 0 spiro atoms. The van der Waals surface area contributed by atoms with Gasteiger partial charge in [0.1, 0.15) is 0 Å². The number of carbonyl (C=O) groups is 2. The lowest BCUT2D eigenvalue weighted by molar-refractivity contribution is -0.123. The third-order valence-corrected chi connectivity index (χ3v) is 4.48. The van der Waals surface area contributed by atoms with E-state index in [9.17, 15) is 13.8 Å². The van der Waals surface area contributed by atoms with E-state index in [1.165, 1.54) is 0 Å². The Morgan fingerprint density at radius 2 is 1.95 bits per heavy atom. The van der Waals surface area contributed by atoms with E-state index in [1.807, 2.05) is 0 Å². The summed E-state index contributed by atoms with van der Waals surface area (Å²) >= 11 is 0. The molecule has 0 saturated carbocycles. The number of carbonyl (C=O) groups excluding carboxylic acids is 2. The fourth-order valence-corrected chi connectivity index (χ4v) is 2.88. The van der Waals surface area contributed by atoms with E-state index in [4.69, 9.17) is 5.73 Å². The van der Waals surface area contributed by atoms with Crippen LogP contribution in [0.5, 0.6) is 0 Å².